The van der Waals surface area contributed by atoms with Gasteiger partial charge in [0, 0.05) is 42.0 Å². The number of methoxy groups -OCH3 is 2. The second-order valence-electron chi connectivity index (χ2n) is 7.59. The van der Waals surface area contributed by atoms with Crippen LogP contribution in [0, 0.1) is 6.92 Å². The first-order valence-corrected chi connectivity index (χ1v) is 12.2. The number of Topliss-reactive ketones (excluding diaryl/α,β-unsaturated/α-hetero) is 2. The number of aromatic nitrogens is 1. The summed E-state index contributed by atoms with van der Waals surface area (Å²) < 4.78 is 10.6. The summed E-state index contributed by atoms with van der Waals surface area (Å²) in [6.07, 6.45) is 9.46. The second-order valence-corrected chi connectivity index (χ2v) is 7.59. The van der Waals surface area contributed by atoms with Crippen molar-refractivity contribution in [2.24, 2.45) is 0 Å². The molecule has 0 spiro atoms. The van der Waals surface area contributed by atoms with Crippen LogP contribution >= 0.6 is 0 Å². The first-order chi connectivity index (χ1) is 17.6. The number of ketones is 2. The van der Waals surface area contributed by atoms with Gasteiger partial charge in [-0.3, -0.25) is 14.4 Å². The Bertz CT molecular complexity index is 957. The van der Waals surface area contributed by atoms with Crippen molar-refractivity contribution >= 4 is 23.0 Å². The molecule has 1 amide bonds. The third kappa shape index (κ3) is 11.8. The van der Waals surface area contributed by atoms with Crippen LogP contribution in [-0.4, -0.2) is 66.4 Å². The fraction of sp³-hybridized carbons (Fsp3) is 0.448. The van der Waals surface area contributed by atoms with E-state index < -0.39 is 11.7 Å². The van der Waals surface area contributed by atoms with Gasteiger partial charge in [-0.05, 0) is 40.5 Å². The highest BCUT2D eigenvalue weighted by Gasteiger charge is 2.28. The van der Waals surface area contributed by atoms with E-state index in [2.05, 4.69) is 18.1 Å². The number of carbonyl (C=O) groups excluding carboxylic acids is 3. The van der Waals surface area contributed by atoms with Crippen molar-refractivity contribution in [3.63, 3.8) is 0 Å². The van der Waals surface area contributed by atoms with Gasteiger partial charge < -0.3 is 19.5 Å². The Morgan fingerprint density at radius 1 is 1.08 bits per heavy atom. The predicted octanol–water partition coefficient (Wildman–Crippen LogP) is 4.90. The van der Waals surface area contributed by atoms with Gasteiger partial charge in [-0.15, -0.1) is 0 Å². The van der Waals surface area contributed by atoms with Crippen LogP contribution in [0.3, 0.4) is 0 Å². The molecule has 0 aromatic carbocycles. The van der Waals surface area contributed by atoms with Gasteiger partial charge in [-0.25, -0.2) is 4.98 Å². The van der Waals surface area contributed by atoms with Crippen molar-refractivity contribution in [1.29, 1.82) is 0 Å². The van der Waals surface area contributed by atoms with Crippen LogP contribution in [0.2, 0.25) is 0 Å². The Labute approximate surface area is 222 Å². The van der Waals surface area contributed by atoms with E-state index >= 15 is 0 Å². The van der Waals surface area contributed by atoms with Crippen LogP contribution < -0.4 is 9.47 Å². The smallest absolute Gasteiger partial charge is 0.294 e. The van der Waals surface area contributed by atoms with Gasteiger partial charge in [0.05, 0.1) is 20.4 Å². The summed E-state index contributed by atoms with van der Waals surface area (Å²) in [6.45, 7) is 19.0. The predicted molar refractivity (Wildman–Crippen MR) is 150 cm³/mol. The third-order valence-electron chi connectivity index (χ3n) is 4.85. The van der Waals surface area contributed by atoms with E-state index in [4.69, 9.17) is 14.6 Å². The van der Waals surface area contributed by atoms with E-state index in [1.54, 1.807) is 43.9 Å². The largest absolute Gasteiger partial charge is 0.494 e. The first kappa shape index (κ1) is 35.6. The number of ether oxygens (including phenoxy) is 2. The van der Waals surface area contributed by atoms with Crippen molar-refractivity contribution in [2.75, 3.05) is 33.9 Å². The molecule has 0 fully saturated rings. The highest BCUT2D eigenvalue weighted by molar-refractivity contribution is 6.53. The SMILES string of the molecule is C/C=C(/C(=O)C(=O)N(CCC)CCC)c1c(OC)cnc(OC)c1C.C=C/C=C(\C=C)C(C)=O.CCO. The summed E-state index contributed by atoms with van der Waals surface area (Å²) in [5.41, 5.74) is 2.11. The number of rotatable bonds is 12. The van der Waals surface area contributed by atoms with Gasteiger partial charge >= 0.3 is 0 Å². The molecule has 1 N–H and O–H groups in total. The standard InChI is InChI=1S/C19H28N2O4.C8H10O.C2H6O/c1-7-10-21(11-8-2)19(23)17(22)14(9-3)16-13(4)18(25-6)20-12-15(16)24-5;1-4-6-8(5-2)7(3)9;1-2-3/h9,12H,7-8,10-11H2,1-6H3;4-6H,1-2H2,3H3;3H,2H2,1H3/b14-9+;8-6+;. The molecule has 0 saturated heterocycles. The van der Waals surface area contributed by atoms with Crippen molar-refractivity contribution in [1.82, 2.24) is 9.88 Å². The van der Waals surface area contributed by atoms with E-state index in [1.807, 2.05) is 13.8 Å². The average Bonchev–Trinajstić information content (AvgIpc) is 2.88. The Balaban J connectivity index is 0. The molecule has 0 aliphatic carbocycles. The molecule has 0 aliphatic rings. The quantitative estimate of drug-likeness (QED) is 0.239. The summed E-state index contributed by atoms with van der Waals surface area (Å²) in [5, 5.41) is 7.57. The Hall–Kier alpha value is -3.52. The number of hydrogen-bond donors (Lipinski definition) is 1. The minimum absolute atomic E-state index is 0.0184. The van der Waals surface area contributed by atoms with Gasteiger partial charge in [0.1, 0.15) is 5.75 Å². The molecule has 0 unspecified atom stereocenters. The number of carbonyl (C=O) groups is 3. The monoisotopic (exact) mass is 516 g/mol. The van der Waals surface area contributed by atoms with Gasteiger partial charge in [0.25, 0.3) is 11.7 Å². The zero-order chi connectivity index (χ0) is 29.0. The van der Waals surface area contributed by atoms with Crippen LogP contribution in [-0.2, 0) is 14.4 Å². The van der Waals surface area contributed by atoms with Crippen molar-refractivity contribution in [2.45, 2.75) is 54.4 Å². The van der Waals surface area contributed by atoms with Crippen LogP contribution in [0.5, 0.6) is 11.6 Å². The molecular formula is C29H44N2O6. The van der Waals surface area contributed by atoms with E-state index in [-0.39, 0.29) is 12.4 Å². The van der Waals surface area contributed by atoms with E-state index in [0.29, 0.717) is 47.0 Å². The van der Waals surface area contributed by atoms with E-state index in [1.165, 1.54) is 33.4 Å². The Kier molecular flexibility index (Phi) is 19.9. The van der Waals surface area contributed by atoms with E-state index in [9.17, 15) is 14.4 Å². The molecule has 0 saturated carbocycles. The Morgan fingerprint density at radius 3 is 1.95 bits per heavy atom. The van der Waals surface area contributed by atoms with Crippen LogP contribution in [0.15, 0.2) is 49.2 Å². The molecule has 1 heterocycles. The fourth-order valence-corrected chi connectivity index (χ4v) is 3.22. The minimum Gasteiger partial charge on any atom is -0.494 e. The molecular weight excluding hydrogens is 472 g/mol. The van der Waals surface area contributed by atoms with Gasteiger partial charge in [0.15, 0.2) is 5.78 Å². The number of amides is 1. The zero-order valence-corrected chi connectivity index (χ0v) is 23.7. The summed E-state index contributed by atoms with van der Waals surface area (Å²) in [5.74, 6) is -0.183. The van der Waals surface area contributed by atoms with Crippen molar-refractivity contribution in [3.8, 4) is 11.6 Å². The topological polar surface area (TPSA) is 106 Å². The lowest BCUT2D eigenvalue weighted by Crippen LogP contribution is -2.38. The zero-order valence-electron chi connectivity index (χ0n) is 23.7. The third-order valence-corrected chi connectivity index (χ3v) is 4.85. The molecule has 0 bridgehead atoms. The van der Waals surface area contributed by atoms with Gasteiger partial charge in [-0.2, -0.15) is 0 Å². The molecule has 1 aromatic rings. The number of allylic oxidation sites excluding steroid dienone is 5. The molecule has 8 nitrogen and oxygen atoms in total. The molecule has 1 rings (SSSR count). The second kappa shape index (κ2) is 20.7. The number of aliphatic hydroxyl groups is 1. The fourth-order valence-electron chi connectivity index (χ4n) is 3.22. The maximum Gasteiger partial charge on any atom is 0.294 e. The van der Waals surface area contributed by atoms with E-state index in [0.717, 1.165) is 12.8 Å². The van der Waals surface area contributed by atoms with Crippen LogP contribution in [0.25, 0.3) is 5.57 Å². The minimum atomic E-state index is -0.543. The van der Waals surface area contributed by atoms with Crippen molar-refractivity contribution in [3.05, 3.63) is 60.4 Å². The Morgan fingerprint density at radius 2 is 1.62 bits per heavy atom. The highest BCUT2D eigenvalue weighted by Crippen LogP contribution is 2.34. The van der Waals surface area contributed by atoms with Gasteiger partial charge in [0.2, 0.25) is 5.88 Å². The number of pyridine rings is 1. The molecule has 37 heavy (non-hydrogen) atoms. The molecule has 1 aromatic heterocycles. The molecule has 206 valence electrons. The lowest BCUT2D eigenvalue weighted by atomic mass is 9.96. The molecule has 0 atom stereocenters. The summed E-state index contributed by atoms with van der Waals surface area (Å²) in [4.78, 5) is 42.0. The average molecular weight is 517 g/mol. The molecule has 0 radical (unpaired) electrons. The summed E-state index contributed by atoms with van der Waals surface area (Å²) in [7, 11) is 3.02. The number of hydrogen-bond acceptors (Lipinski definition) is 7. The number of nitrogens with zero attached hydrogens (tertiary/aromatic N) is 2. The maximum atomic E-state index is 12.9. The van der Waals surface area contributed by atoms with Gasteiger partial charge in [-0.1, -0.05) is 51.3 Å². The first-order valence-electron chi connectivity index (χ1n) is 12.2. The molecule has 0 aliphatic heterocycles. The van der Waals surface area contributed by atoms with Crippen molar-refractivity contribution < 1.29 is 29.0 Å². The lowest BCUT2D eigenvalue weighted by molar-refractivity contribution is -0.141. The van der Waals surface area contributed by atoms with Crippen LogP contribution in [0.1, 0.15) is 58.6 Å². The molecule has 8 heteroatoms. The highest BCUT2D eigenvalue weighted by atomic mass is 16.5. The number of aliphatic hydroxyl groups excluding tert-OH is 1. The summed E-state index contributed by atoms with van der Waals surface area (Å²) in [6, 6.07) is 0. The van der Waals surface area contributed by atoms with Crippen LogP contribution in [0.4, 0.5) is 0 Å². The lowest BCUT2D eigenvalue weighted by Gasteiger charge is -2.22. The maximum absolute atomic E-state index is 12.9. The summed E-state index contributed by atoms with van der Waals surface area (Å²) >= 11 is 0. The normalized spacial score (nSPS) is 10.6.